The normalized spacial score (nSPS) is 19.7. The van der Waals surface area contributed by atoms with Crippen LogP contribution < -0.4 is 5.32 Å². The van der Waals surface area contributed by atoms with Crippen molar-refractivity contribution in [3.8, 4) is 0 Å². The second kappa shape index (κ2) is 9.14. The zero-order chi connectivity index (χ0) is 21.9. The maximum atomic E-state index is 12.7. The molecule has 1 aliphatic heterocycles. The van der Waals surface area contributed by atoms with E-state index in [-0.39, 0.29) is 12.2 Å². The van der Waals surface area contributed by atoms with Gasteiger partial charge in [-0.05, 0) is 46.5 Å². The first-order valence-electron chi connectivity index (χ1n) is 10.2. The monoisotopic (exact) mass is 430 g/mol. The molecule has 2 atom stereocenters. The molecule has 1 aromatic rings. The molecule has 0 saturated carbocycles. The van der Waals surface area contributed by atoms with E-state index in [1.165, 1.54) is 13.8 Å². The summed E-state index contributed by atoms with van der Waals surface area (Å²) in [7, 11) is -3.66. The number of carbonyl (C=O) groups excluding carboxylic acids is 1. The lowest BCUT2D eigenvalue weighted by atomic mass is 9.90. The molecule has 0 spiro atoms. The fourth-order valence-corrected chi connectivity index (χ4v) is 4.74. The molecule has 1 fully saturated rings. The molecule has 1 saturated heterocycles. The van der Waals surface area contributed by atoms with Gasteiger partial charge in [-0.2, -0.15) is 0 Å². The van der Waals surface area contributed by atoms with Crippen molar-refractivity contribution in [2.75, 3.05) is 18.5 Å². The molecule has 2 rings (SSSR count). The van der Waals surface area contributed by atoms with E-state index in [0.717, 1.165) is 19.3 Å². The first-order chi connectivity index (χ1) is 13.4. The van der Waals surface area contributed by atoms with Crippen LogP contribution in [0.3, 0.4) is 0 Å². The van der Waals surface area contributed by atoms with Crippen molar-refractivity contribution in [3.63, 3.8) is 0 Å². The highest BCUT2D eigenvalue weighted by Crippen LogP contribution is 2.29. The summed E-state index contributed by atoms with van der Waals surface area (Å²) in [6.07, 6.45) is 3.24. The molecule has 0 aliphatic carbocycles. The molecular formula is C20H34N2O6S. The maximum absolute atomic E-state index is 12.7. The van der Waals surface area contributed by atoms with Crippen molar-refractivity contribution in [2.45, 2.75) is 88.9 Å². The van der Waals surface area contributed by atoms with Crippen LogP contribution in [-0.2, 0) is 29.5 Å². The lowest BCUT2D eigenvalue weighted by Gasteiger charge is -2.28. The van der Waals surface area contributed by atoms with E-state index in [2.05, 4.69) is 10.5 Å². The van der Waals surface area contributed by atoms with Crippen LogP contribution in [0.15, 0.2) is 10.6 Å². The second-order valence-corrected chi connectivity index (χ2v) is 11.7. The molecule has 166 valence electrons. The number of hydrogen-bond donors (Lipinski definition) is 1. The third-order valence-electron chi connectivity index (χ3n) is 5.57. The van der Waals surface area contributed by atoms with Gasteiger partial charge in [-0.25, -0.2) is 8.42 Å². The second-order valence-electron chi connectivity index (χ2n) is 8.80. The molecule has 8 nitrogen and oxygen atoms in total. The van der Waals surface area contributed by atoms with Gasteiger partial charge >= 0.3 is 0 Å². The highest BCUT2D eigenvalue weighted by Gasteiger charge is 2.44. The number of carbonyl (C=O) groups is 1. The van der Waals surface area contributed by atoms with Crippen LogP contribution in [0.5, 0.6) is 0 Å². The van der Waals surface area contributed by atoms with Gasteiger partial charge in [-0.15, -0.1) is 0 Å². The Kier molecular flexibility index (Phi) is 7.51. The van der Waals surface area contributed by atoms with E-state index in [4.69, 9.17) is 14.0 Å². The van der Waals surface area contributed by atoms with Gasteiger partial charge in [0.05, 0.1) is 17.6 Å². The average molecular weight is 431 g/mol. The molecule has 0 radical (unpaired) electrons. The van der Waals surface area contributed by atoms with Crippen LogP contribution in [0, 0.1) is 0 Å². The number of anilines is 1. The summed E-state index contributed by atoms with van der Waals surface area (Å²) >= 11 is 0. The molecule has 2 unspecified atom stereocenters. The molecule has 1 aliphatic rings. The highest BCUT2D eigenvalue weighted by molar-refractivity contribution is 7.94. The van der Waals surface area contributed by atoms with E-state index in [0.29, 0.717) is 25.3 Å². The predicted octanol–water partition coefficient (Wildman–Crippen LogP) is 3.43. The van der Waals surface area contributed by atoms with Crippen molar-refractivity contribution in [3.05, 3.63) is 11.8 Å². The van der Waals surface area contributed by atoms with Crippen molar-refractivity contribution in [1.29, 1.82) is 0 Å². The molecule has 0 bridgehead atoms. The summed E-state index contributed by atoms with van der Waals surface area (Å²) in [5.41, 5.74) is 0.136. The molecule has 1 amide bonds. The third kappa shape index (κ3) is 5.38. The van der Waals surface area contributed by atoms with Gasteiger partial charge < -0.3 is 14.0 Å². The topological polar surface area (TPSA) is 108 Å². The first-order valence-corrected chi connectivity index (χ1v) is 11.7. The smallest absolute Gasteiger partial charge is 0.247 e. The van der Waals surface area contributed by atoms with Gasteiger partial charge in [-0.3, -0.25) is 10.1 Å². The summed E-state index contributed by atoms with van der Waals surface area (Å²) in [6.45, 7) is 11.2. The molecule has 29 heavy (non-hydrogen) atoms. The Hall–Kier alpha value is -1.45. The number of amides is 1. The summed E-state index contributed by atoms with van der Waals surface area (Å²) in [5.74, 6) is -0.537. The summed E-state index contributed by atoms with van der Waals surface area (Å²) < 4.78 is 40.5. The molecule has 1 aromatic heterocycles. The van der Waals surface area contributed by atoms with Crippen LogP contribution in [0.25, 0.3) is 0 Å². The fourth-order valence-electron chi connectivity index (χ4n) is 2.98. The Balaban J connectivity index is 2.04. The van der Waals surface area contributed by atoms with Gasteiger partial charge in [0.15, 0.2) is 16.1 Å². The lowest BCUT2D eigenvalue weighted by Crippen LogP contribution is -2.48. The number of ether oxygens (including phenoxy) is 2. The Morgan fingerprint density at radius 2 is 2.03 bits per heavy atom. The molecule has 0 aromatic carbocycles. The Morgan fingerprint density at radius 3 is 2.62 bits per heavy atom. The first kappa shape index (κ1) is 23.8. The van der Waals surface area contributed by atoms with Crippen molar-refractivity contribution in [1.82, 2.24) is 5.16 Å². The van der Waals surface area contributed by atoms with Crippen LogP contribution in [-0.4, -0.2) is 49.0 Å². The molecule has 2 heterocycles. The van der Waals surface area contributed by atoms with Crippen molar-refractivity contribution >= 4 is 21.6 Å². The SMILES string of the molecule is CCC(C)S(=O)(=O)C(C)(C)C(=O)Nc1cc(C(C)(C)COC2CCCCO2)no1. The average Bonchev–Trinajstić information content (AvgIpc) is 3.15. The fraction of sp³-hybridized carbons (Fsp3) is 0.800. The number of nitrogens with zero attached hydrogens (tertiary/aromatic N) is 1. The van der Waals surface area contributed by atoms with Gasteiger partial charge in [0, 0.05) is 18.1 Å². The minimum atomic E-state index is -3.66. The van der Waals surface area contributed by atoms with E-state index in [9.17, 15) is 13.2 Å². The number of hydrogen-bond acceptors (Lipinski definition) is 7. The minimum Gasteiger partial charge on any atom is -0.353 e. The van der Waals surface area contributed by atoms with Gasteiger partial charge in [0.2, 0.25) is 11.8 Å². The van der Waals surface area contributed by atoms with Gasteiger partial charge in [-0.1, -0.05) is 25.9 Å². The molecule has 1 N–H and O–H groups in total. The largest absolute Gasteiger partial charge is 0.353 e. The van der Waals surface area contributed by atoms with E-state index in [1.54, 1.807) is 19.9 Å². The van der Waals surface area contributed by atoms with Crippen molar-refractivity contribution in [2.24, 2.45) is 0 Å². The van der Waals surface area contributed by atoms with Gasteiger partial charge in [0.25, 0.3) is 0 Å². The van der Waals surface area contributed by atoms with Gasteiger partial charge in [0.1, 0.15) is 4.75 Å². The Bertz CT molecular complexity index is 794. The van der Waals surface area contributed by atoms with Crippen molar-refractivity contribution < 1.29 is 27.2 Å². The van der Waals surface area contributed by atoms with E-state index >= 15 is 0 Å². The van der Waals surface area contributed by atoms with E-state index in [1.807, 2.05) is 13.8 Å². The van der Waals surface area contributed by atoms with Crippen LogP contribution >= 0.6 is 0 Å². The summed E-state index contributed by atoms with van der Waals surface area (Å²) in [6, 6.07) is 1.61. The Labute approximate surface area is 173 Å². The summed E-state index contributed by atoms with van der Waals surface area (Å²) in [5, 5.41) is 5.97. The summed E-state index contributed by atoms with van der Waals surface area (Å²) in [4.78, 5) is 12.7. The highest BCUT2D eigenvalue weighted by atomic mass is 32.2. The van der Waals surface area contributed by atoms with Crippen LogP contribution in [0.2, 0.25) is 0 Å². The number of nitrogens with one attached hydrogen (secondary N) is 1. The Morgan fingerprint density at radius 1 is 1.34 bits per heavy atom. The minimum absolute atomic E-state index is 0.111. The zero-order valence-electron chi connectivity index (χ0n) is 18.3. The molecular weight excluding hydrogens is 396 g/mol. The predicted molar refractivity (Wildman–Crippen MR) is 110 cm³/mol. The quantitative estimate of drug-likeness (QED) is 0.639. The van der Waals surface area contributed by atoms with Crippen LogP contribution in [0.4, 0.5) is 5.88 Å². The maximum Gasteiger partial charge on any atom is 0.247 e. The third-order valence-corrected chi connectivity index (χ3v) is 8.57. The number of sulfone groups is 1. The standard InChI is InChI=1S/C20H34N2O6S/c1-7-14(2)29(24,25)20(5,6)18(23)21-16-12-15(22-28-16)19(3,4)13-27-17-10-8-9-11-26-17/h12,14,17H,7-11,13H2,1-6H3,(H,21,23). The lowest BCUT2D eigenvalue weighted by molar-refractivity contribution is -0.170. The van der Waals surface area contributed by atoms with Crippen LogP contribution in [0.1, 0.15) is 72.9 Å². The number of rotatable bonds is 9. The number of aromatic nitrogens is 1. The molecule has 9 heteroatoms. The van der Waals surface area contributed by atoms with E-state index < -0.39 is 31.2 Å². The zero-order valence-corrected chi connectivity index (χ0v) is 19.1.